The van der Waals surface area contributed by atoms with Gasteiger partial charge >= 0.3 is 0 Å². The molecule has 0 bridgehead atoms. The summed E-state index contributed by atoms with van der Waals surface area (Å²) in [6, 6.07) is 5.93. The Labute approximate surface area is 100 Å². The Morgan fingerprint density at radius 2 is 2.29 bits per heavy atom. The second-order valence-electron chi connectivity index (χ2n) is 4.39. The number of likely N-dealkylation sites (tertiary alicyclic amines) is 1. The summed E-state index contributed by atoms with van der Waals surface area (Å²) in [5, 5.41) is 0. The first kappa shape index (κ1) is 12.0. The van der Waals surface area contributed by atoms with E-state index in [-0.39, 0.29) is 17.8 Å². The molecule has 0 aromatic heterocycles. The lowest BCUT2D eigenvalue weighted by Gasteiger charge is -2.35. The van der Waals surface area contributed by atoms with Crippen molar-refractivity contribution in [2.24, 2.45) is 5.73 Å². The van der Waals surface area contributed by atoms with Gasteiger partial charge in [-0.1, -0.05) is 6.07 Å². The van der Waals surface area contributed by atoms with Crippen LogP contribution >= 0.6 is 0 Å². The van der Waals surface area contributed by atoms with Crippen LogP contribution in [0.2, 0.25) is 0 Å². The zero-order valence-electron chi connectivity index (χ0n) is 9.73. The van der Waals surface area contributed by atoms with E-state index in [0.29, 0.717) is 12.1 Å². The molecule has 1 aromatic rings. The Bertz CT molecular complexity index is 408. The molecule has 0 radical (unpaired) electrons. The monoisotopic (exact) mass is 236 g/mol. The van der Waals surface area contributed by atoms with Crippen LogP contribution in [0.25, 0.3) is 0 Å². The molecule has 1 aliphatic heterocycles. The second-order valence-corrected chi connectivity index (χ2v) is 4.39. The predicted octanol–water partition coefficient (Wildman–Crippen LogP) is 1.78. The van der Waals surface area contributed by atoms with Gasteiger partial charge in [0, 0.05) is 24.7 Å². The average Bonchev–Trinajstić information content (AvgIpc) is 2.38. The first-order valence-electron chi connectivity index (χ1n) is 5.99. The molecule has 1 atom stereocenters. The number of benzene rings is 1. The van der Waals surface area contributed by atoms with Crippen LogP contribution < -0.4 is 5.73 Å². The molecule has 2 N–H and O–H groups in total. The van der Waals surface area contributed by atoms with E-state index in [0.717, 1.165) is 25.8 Å². The van der Waals surface area contributed by atoms with Crippen molar-refractivity contribution in [3.8, 4) is 0 Å². The zero-order valence-corrected chi connectivity index (χ0v) is 9.73. The molecule has 2 rings (SSSR count). The van der Waals surface area contributed by atoms with Crippen LogP contribution in [0, 0.1) is 5.82 Å². The summed E-state index contributed by atoms with van der Waals surface area (Å²) in [6.07, 6.45) is 3.05. The molecule has 1 amide bonds. The third kappa shape index (κ3) is 2.64. The highest BCUT2D eigenvalue weighted by molar-refractivity contribution is 5.94. The Morgan fingerprint density at radius 3 is 3.00 bits per heavy atom. The average molecular weight is 236 g/mol. The SMILES string of the molecule is NCC1CCCCN1C(=O)c1cccc(F)c1. The number of carbonyl (C=O) groups excluding carboxylic acids is 1. The minimum atomic E-state index is -0.378. The Balaban J connectivity index is 2.18. The predicted molar refractivity (Wildman–Crippen MR) is 64.1 cm³/mol. The summed E-state index contributed by atoms with van der Waals surface area (Å²) in [5.74, 6) is -0.489. The van der Waals surface area contributed by atoms with Crippen molar-refractivity contribution in [3.05, 3.63) is 35.6 Å². The summed E-state index contributed by atoms with van der Waals surface area (Å²) in [4.78, 5) is 14.0. The number of carbonyl (C=O) groups is 1. The van der Waals surface area contributed by atoms with Crippen molar-refractivity contribution in [1.82, 2.24) is 4.90 Å². The summed E-state index contributed by atoms with van der Waals surface area (Å²) in [6.45, 7) is 1.19. The molecule has 0 aliphatic carbocycles. The highest BCUT2D eigenvalue weighted by atomic mass is 19.1. The van der Waals surface area contributed by atoms with E-state index in [9.17, 15) is 9.18 Å². The fourth-order valence-electron chi connectivity index (χ4n) is 2.30. The number of hydrogen-bond donors (Lipinski definition) is 1. The van der Waals surface area contributed by atoms with Crippen molar-refractivity contribution in [2.75, 3.05) is 13.1 Å². The van der Waals surface area contributed by atoms with Gasteiger partial charge in [0.1, 0.15) is 5.82 Å². The van der Waals surface area contributed by atoms with Gasteiger partial charge in [-0.2, -0.15) is 0 Å². The van der Waals surface area contributed by atoms with Crippen LogP contribution in [0.4, 0.5) is 4.39 Å². The van der Waals surface area contributed by atoms with Gasteiger partial charge in [-0.25, -0.2) is 4.39 Å². The number of piperidine rings is 1. The van der Waals surface area contributed by atoms with E-state index in [4.69, 9.17) is 5.73 Å². The van der Waals surface area contributed by atoms with Crippen molar-refractivity contribution in [3.63, 3.8) is 0 Å². The Morgan fingerprint density at radius 1 is 1.47 bits per heavy atom. The third-order valence-corrected chi connectivity index (χ3v) is 3.23. The summed E-state index contributed by atoms with van der Waals surface area (Å²) in [7, 11) is 0. The van der Waals surface area contributed by atoms with Crippen LogP contribution in [0.5, 0.6) is 0 Å². The van der Waals surface area contributed by atoms with Crippen molar-refractivity contribution in [2.45, 2.75) is 25.3 Å². The second kappa shape index (κ2) is 5.27. The topological polar surface area (TPSA) is 46.3 Å². The molecule has 0 spiro atoms. The molecule has 4 heteroatoms. The van der Waals surface area contributed by atoms with Crippen LogP contribution in [0.15, 0.2) is 24.3 Å². The van der Waals surface area contributed by atoms with Crippen molar-refractivity contribution in [1.29, 1.82) is 0 Å². The lowest BCUT2D eigenvalue weighted by Crippen LogP contribution is -2.47. The highest BCUT2D eigenvalue weighted by Crippen LogP contribution is 2.19. The van der Waals surface area contributed by atoms with Crippen LogP contribution in [-0.4, -0.2) is 29.9 Å². The molecule has 1 aromatic carbocycles. The molecule has 17 heavy (non-hydrogen) atoms. The highest BCUT2D eigenvalue weighted by Gasteiger charge is 2.26. The quantitative estimate of drug-likeness (QED) is 0.850. The van der Waals surface area contributed by atoms with Gasteiger partial charge in [0.15, 0.2) is 0 Å². The molecule has 1 saturated heterocycles. The number of halogens is 1. The van der Waals surface area contributed by atoms with E-state index in [1.165, 1.54) is 12.1 Å². The lowest BCUT2D eigenvalue weighted by molar-refractivity contribution is 0.0623. The van der Waals surface area contributed by atoms with Gasteiger partial charge in [0.25, 0.3) is 5.91 Å². The number of nitrogens with two attached hydrogens (primary N) is 1. The first-order valence-corrected chi connectivity index (χ1v) is 5.99. The number of hydrogen-bond acceptors (Lipinski definition) is 2. The molecule has 1 unspecified atom stereocenters. The molecule has 1 heterocycles. The number of amides is 1. The Kier molecular flexibility index (Phi) is 3.74. The van der Waals surface area contributed by atoms with Crippen LogP contribution in [-0.2, 0) is 0 Å². The number of nitrogens with zero attached hydrogens (tertiary/aromatic N) is 1. The lowest BCUT2D eigenvalue weighted by atomic mass is 10.0. The summed E-state index contributed by atoms with van der Waals surface area (Å²) >= 11 is 0. The van der Waals surface area contributed by atoms with Gasteiger partial charge in [-0.3, -0.25) is 4.79 Å². The molecular weight excluding hydrogens is 219 g/mol. The number of rotatable bonds is 2. The maximum absolute atomic E-state index is 13.1. The largest absolute Gasteiger partial charge is 0.334 e. The van der Waals surface area contributed by atoms with Gasteiger partial charge in [0.05, 0.1) is 0 Å². The summed E-state index contributed by atoms with van der Waals surface area (Å²) in [5.41, 5.74) is 6.08. The van der Waals surface area contributed by atoms with Crippen molar-refractivity contribution < 1.29 is 9.18 Å². The maximum Gasteiger partial charge on any atom is 0.254 e. The maximum atomic E-state index is 13.1. The summed E-state index contributed by atoms with van der Waals surface area (Å²) < 4.78 is 13.1. The van der Waals surface area contributed by atoms with E-state index in [2.05, 4.69) is 0 Å². The fourth-order valence-corrected chi connectivity index (χ4v) is 2.30. The Hall–Kier alpha value is -1.42. The van der Waals surface area contributed by atoms with E-state index >= 15 is 0 Å². The fraction of sp³-hybridized carbons (Fsp3) is 0.462. The van der Waals surface area contributed by atoms with Crippen molar-refractivity contribution >= 4 is 5.91 Å². The standard InChI is InChI=1S/C13H17FN2O/c14-11-5-3-4-10(8-11)13(17)16-7-2-1-6-12(16)9-15/h3-5,8,12H,1-2,6-7,9,15H2. The van der Waals surface area contributed by atoms with Gasteiger partial charge < -0.3 is 10.6 Å². The molecule has 3 nitrogen and oxygen atoms in total. The van der Waals surface area contributed by atoms with Crippen LogP contribution in [0.3, 0.4) is 0 Å². The molecule has 1 aliphatic rings. The van der Waals surface area contributed by atoms with Gasteiger partial charge in [0.2, 0.25) is 0 Å². The first-order chi connectivity index (χ1) is 8.22. The molecule has 0 saturated carbocycles. The van der Waals surface area contributed by atoms with Crippen LogP contribution in [0.1, 0.15) is 29.6 Å². The molecular formula is C13H17FN2O. The van der Waals surface area contributed by atoms with E-state index in [1.54, 1.807) is 17.0 Å². The van der Waals surface area contributed by atoms with Gasteiger partial charge in [-0.15, -0.1) is 0 Å². The minimum absolute atomic E-state index is 0.0968. The minimum Gasteiger partial charge on any atom is -0.334 e. The van der Waals surface area contributed by atoms with E-state index < -0.39 is 0 Å². The third-order valence-electron chi connectivity index (χ3n) is 3.23. The molecule has 92 valence electrons. The zero-order chi connectivity index (χ0) is 12.3. The smallest absolute Gasteiger partial charge is 0.254 e. The van der Waals surface area contributed by atoms with Gasteiger partial charge in [-0.05, 0) is 37.5 Å². The van der Waals surface area contributed by atoms with E-state index in [1.807, 2.05) is 0 Å². The molecule has 1 fully saturated rings. The normalized spacial score (nSPS) is 20.4.